The fraction of sp³-hybridized carbons (Fsp3) is 0.682. The summed E-state index contributed by atoms with van der Waals surface area (Å²) in [5.41, 5.74) is 0.621. The van der Waals surface area contributed by atoms with Gasteiger partial charge in [0.05, 0.1) is 0 Å². The van der Waals surface area contributed by atoms with E-state index in [2.05, 4.69) is 22.5 Å². The van der Waals surface area contributed by atoms with Crippen LogP contribution in [0.3, 0.4) is 0 Å². The molecule has 170 valence electrons. The van der Waals surface area contributed by atoms with Gasteiger partial charge in [-0.3, -0.25) is 9.98 Å². The van der Waals surface area contributed by atoms with E-state index < -0.39 is 5.60 Å². The van der Waals surface area contributed by atoms with Gasteiger partial charge in [0.2, 0.25) is 0 Å². The molecule has 0 aliphatic carbocycles. The average Bonchev–Trinajstić information content (AvgIpc) is 2.68. The number of ether oxygens (including phenoxy) is 1. The summed E-state index contributed by atoms with van der Waals surface area (Å²) in [4.78, 5) is 23.2. The molecule has 1 fully saturated rings. The van der Waals surface area contributed by atoms with Gasteiger partial charge >= 0.3 is 6.09 Å². The van der Waals surface area contributed by atoms with Crippen LogP contribution in [-0.4, -0.2) is 60.3 Å². The van der Waals surface area contributed by atoms with Crippen LogP contribution < -0.4 is 10.6 Å². The Balaban J connectivity index is 0.00000450. The Hall–Kier alpha value is -1.58. The van der Waals surface area contributed by atoms with E-state index in [4.69, 9.17) is 9.73 Å². The van der Waals surface area contributed by atoms with Crippen molar-refractivity contribution in [2.75, 3.05) is 32.7 Å². The lowest BCUT2D eigenvalue weighted by molar-refractivity contribution is 0.0163. The van der Waals surface area contributed by atoms with Crippen molar-refractivity contribution in [3.8, 4) is 0 Å². The average molecular weight is 531 g/mol. The number of halogens is 1. The molecule has 0 radical (unpaired) electrons. The van der Waals surface area contributed by atoms with Crippen molar-refractivity contribution in [1.29, 1.82) is 0 Å². The first-order valence-electron chi connectivity index (χ1n) is 10.8. The van der Waals surface area contributed by atoms with E-state index in [-0.39, 0.29) is 30.1 Å². The van der Waals surface area contributed by atoms with E-state index >= 15 is 0 Å². The van der Waals surface area contributed by atoms with Crippen LogP contribution in [0.2, 0.25) is 0 Å². The van der Waals surface area contributed by atoms with Crippen molar-refractivity contribution >= 4 is 36.0 Å². The zero-order valence-electron chi connectivity index (χ0n) is 18.8. The van der Waals surface area contributed by atoms with Crippen LogP contribution >= 0.6 is 24.0 Å². The Morgan fingerprint density at radius 2 is 2.13 bits per heavy atom. The summed E-state index contributed by atoms with van der Waals surface area (Å²) in [5.74, 6) is 1.31. The number of likely N-dealkylation sites (tertiary alicyclic amines) is 1. The van der Waals surface area contributed by atoms with Crippen LogP contribution in [0.4, 0.5) is 4.79 Å². The highest BCUT2D eigenvalue weighted by atomic mass is 127. The lowest BCUT2D eigenvalue weighted by atomic mass is 9.95. The third kappa shape index (κ3) is 10.4. The summed E-state index contributed by atoms with van der Waals surface area (Å²) in [6.07, 6.45) is 5.61. The van der Waals surface area contributed by atoms with Crippen molar-refractivity contribution in [2.24, 2.45) is 10.9 Å². The zero-order chi connectivity index (χ0) is 21.1. The number of aliphatic imine (C=N–C) groups is 1. The maximum atomic E-state index is 12.3. The van der Waals surface area contributed by atoms with Crippen molar-refractivity contribution in [3.63, 3.8) is 0 Å². The summed E-state index contributed by atoms with van der Waals surface area (Å²) < 4.78 is 5.52. The Morgan fingerprint density at radius 3 is 2.80 bits per heavy atom. The minimum atomic E-state index is -0.448. The molecule has 0 aromatic carbocycles. The number of amides is 1. The van der Waals surface area contributed by atoms with Gasteiger partial charge in [0.15, 0.2) is 5.96 Å². The number of rotatable bonds is 7. The molecule has 8 heteroatoms. The molecule has 2 heterocycles. The van der Waals surface area contributed by atoms with Crippen molar-refractivity contribution < 1.29 is 9.53 Å². The number of nitrogens with zero attached hydrogens (tertiary/aromatic N) is 3. The molecule has 30 heavy (non-hydrogen) atoms. The Bertz CT molecular complexity index is 649. The summed E-state index contributed by atoms with van der Waals surface area (Å²) >= 11 is 0. The van der Waals surface area contributed by atoms with Crippen LogP contribution in [0.25, 0.3) is 0 Å². The van der Waals surface area contributed by atoms with Gasteiger partial charge in [0, 0.05) is 51.0 Å². The van der Waals surface area contributed by atoms with E-state index in [0.29, 0.717) is 5.92 Å². The number of guanidine groups is 1. The van der Waals surface area contributed by atoms with Crippen LogP contribution in [0, 0.1) is 5.92 Å². The molecule has 1 aromatic rings. The third-order valence-electron chi connectivity index (χ3n) is 4.72. The number of hydrogen-bond donors (Lipinski definition) is 2. The lowest BCUT2D eigenvalue weighted by Crippen LogP contribution is -2.43. The zero-order valence-corrected chi connectivity index (χ0v) is 21.1. The van der Waals surface area contributed by atoms with Crippen LogP contribution in [-0.2, 0) is 11.2 Å². The number of aromatic nitrogens is 1. The number of nitrogens with one attached hydrogen (secondary N) is 2. The minimum absolute atomic E-state index is 0. The molecule has 1 amide bonds. The largest absolute Gasteiger partial charge is 0.444 e. The molecule has 1 aliphatic rings. The molecule has 1 unspecified atom stereocenters. The first kappa shape index (κ1) is 26.5. The van der Waals surface area contributed by atoms with Gasteiger partial charge in [-0.25, -0.2) is 4.79 Å². The second-order valence-corrected chi connectivity index (χ2v) is 8.48. The fourth-order valence-corrected chi connectivity index (χ4v) is 3.35. The molecule has 2 rings (SSSR count). The van der Waals surface area contributed by atoms with E-state index in [1.165, 1.54) is 0 Å². The molecule has 0 saturated carbocycles. The van der Waals surface area contributed by atoms with Crippen LogP contribution in [0.15, 0.2) is 29.4 Å². The van der Waals surface area contributed by atoms with Crippen molar-refractivity contribution in [3.05, 3.63) is 30.1 Å². The van der Waals surface area contributed by atoms with Gasteiger partial charge < -0.3 is 20.3 Å². The topological polar surface area (TPSA) is 78.9 Å². The second-order valence-electron chi connectivity index (χ2n) is 8.48. The predicted molar refractivity (Wildman–Crippen MR) is 132 cm³/mol. The van der Waals surface area contributed by atoms with Crippen molar-refractivity contribution in [2.45, 2.75) is 59.0 Å². The van der Waals surface area contributed by atoms with Gasteiger partial charge in [0.1, 0.15) is 5.60 Å². The van der Waals surface area contributed by atoms with Crippen LogP contribution in [0.5, 0.6) is 0 Å². The monoisotopic (exact) mass is 531 g/mol. The lowest BCUT2D eigenvalue weighted by Gasteiger charge is -2.34. The second kappa shape index (κ2) is 13.7. The van der Waals surface area contributed by atoms with E-state index in [9.17, 15) is 4.79 Å². The Kier molecular flexibility index (Phi) is 12.1. The molecule has 1 aromatic heterocycles. The minimum Gasteiger partial charge on any atom is -0.444 e. The summed E-state index contributed by atoms with van der Waals surface area (Å²) in [5, 5.41) is 6.67. The molecule has 1 saturated heterocycles. The van der Waals surface area contributed by atoms with E-state index in [0.717, 1.165) is 70.1 Å². The van der Waals surface area contributed by atoms with E-state index in [1.807, 2.05) is 50.1 Å². The van der Waals surface area contributed by atoms with Gasteiger partial charge in [0.25, 0.3) is 0 Å². The molecule has 1 aliphatic heterocycles. The van der Waals surface area contributed by atoms with Crippen LogP contribution in [0.1, 0.15) is 52.7 Å². The SMILES string of the molecule is CCNC(=NCCC1CCCN(C(=O)OC(C)(C)C)C1)NCCc1ccccn1.I. The molecular weight excluding hydrogens is 493 g/mol. The van der Waals surface area contributed by atoms with Gasteiger partial charge in [-0.15, -0.1) is 24.0 Å². The maximum absolute atomic E-state index is 12.3. The normalized spacial score (nSPS) is 17.1. The van der Waals surface area contributed by atoms with E-state index in [1.54, 1.807) is 0 Å². The van der Waals surface area contributed by atoms with Gasteiger partial charge in [-0.1, -0.05) is 6.07 Å². The first-order valence-corrected chi connectivity index (χ1v) is 10.8. The predicted octanol–water partition coefficient (Wildman–Crippen LogP) is 3.83. The molecule has 2 N–H and O–H groups in total. The molecule has 0 spiro atoms. The number of carbonyl (C=O) groups excluding carboxylic acids is 1. The molecule has 7 nitrogen and oxygen atoms in total. The smallest absolute Gasteiger partial charge is 0.410 e. The van der Waals surface area contributed by atoms with Gasteiger partial charge in [-0.05, 0) is 65.0 Å². The summed E-state index contributed by atoms with van der Waals surface area (Å²) in [6, 6.07) is 5.97. The number of piperidine rings is 1. The number of pyridine rings is 1. The highest BCUT2D eigenvalue weighted by Gasteiger charge is 2.27. The quantitative estimate of drug-likeness (QED) is 0.318. The fourth-order valence-electron chi connectivity index (χ4n) is 3.35. The number of hydrogen-bond acceptors (Lipinski definition) is 4. The molecule has 1 atom stereocenters. The summed E-state index contributed by atoms with van der Waals surface area (Å²) in [6.45, 7) is 11.7. The maximum Gasteiger partial charge on any atom is 0.410 e. The molecular formula is C22H38IN5O2. The summed E-state index contributed by atoms with van der Waals surface area (Å²) in [7, 11) is 0. The standard InChI is InChI=1S/C22H37N5O2.HI/c1-5-23-20(26-15-12-19-10-6-7-13-24-19)25-14-11-18-9-8-16-27(17-18)21(28)29-22(2,3)4;/h6-7,10,13,18H,5,8-9,11-12,14-17H2,1-4H3,(H2,23,25,26);1H. The first-order chi connectivity index (χ1) is 13.9. The Labute approximate surface area is 198 Å². The number of carbonyl (C=O) groups is 1. The Morgan fingerprint density at radius 1 is 1.33 bits per heavy atom. The van der Waals surface area contributed by atoms with Crippen molar-refractivity contribution in [1.82, 2.24) is 20.5 Å². The van der Waals surface area contributed by atoms with Gasteiger partial charge in [-0.2, -0.15) is 0 Å². The highest BCUT2D eigenvalue weighted by molar-refractivity contribution is 14.0. The highest BCUT2D eigenvalue weighted by Crippen LogP contribution is 2.21. The third-order valence-corrected chi connectivity index (χ3v) is 4.72. The molecule has 0 bridgehead atoms.